The second-order valence-electron chi connectivity index (χ2n) is 6.04. The number of amides is 1. The molecule has 1 aliphatic rings. The van der Waals surface area contributed by atoms with Gasteiger partial charge in [-0.25, -0.2) is 0 Å². The van der Waals surface area contributed by atoms with Gasteiger partial charge in [-0.1, -0.05) is 25.9 Å². The Hall–Kier alpha value is -1.01. The van der Waals surface area contributed by atoms with Crippen molar-refractivity contribution in [2.45, 2.75) is 38.2 Å². The van der Waals surface area contributed by atoms with Crippen LogP contribution in [0.15, 0.2) is 10.6 Å². The van der Waals surface area contributed by atoms with Crippen LogP contribution in [-0.2, 0) is 5.41 Å². The van der Waals surface area contributed by atoms with E-state index in [4.69, 9.17) is 4.52 Å². The zero-order valence-corrected chi connectivity index (χ0v) is 12.3. The molecule has 0 saturated carbocycles. The number of hydrogen-bond acceptors (Lipinski definition) is 5. The topological polar surface area (TPSA) is 75.4 Å². The van der Waals surface area contributed by atoms with E-state index in [2.05, 4.69) is 10.5 Å². The van der Waals surface area contributed by atoms with Gasteiger partial charge >= 0.3 is 0 Å². The van der Waals surface area contributed by atoms with Gasteiger partial charge in [0.2, 0.25) is 0 Å². The Morgan fingerprint density at radius 1 is 1.63 bits per heavy atom. The highest BCUT2D eigenvalue weighted by molar-refractivity contribution is 7.99. The molecule has 0 bridgehead atoms. The molecule has 1 saturated heterocycles. The van der Waals surface area contributed by atoms with Gasteiger partial charge in [0.25, 0.3) is 5.91 Å². The lowest BCUT2D eigenvalue weighted by Crippen LogP contribution is -2.43. The van der Waals surface area contributed by atoms with Crippen LogP contribution >= 0.6 is 11.8 Å². The third-order valence-corrected chi connectivity index (χ3v) is 4.38. The van der Waals surface area contributed by atoms with Gasteiger partial charge in [0.15, 0.2) is 5.69 Å². The van der Waals surface area contributed by atoms with Crippen LogP contribution in [0, 0.1) is 0 Å². The van der Waals surface area contributed by atoms with E-state index in [1.807, 2.05) is 20.8 Å². The predicted molar refractivity (Wildman–Crippen MR) is 74.4 cm³/mol. The summed E-state index contributed by atoms with van der Waals surface area (Å²) in [5.74, 6) is 1.97. The molecule has 1 atom stereocenters. The molecule has 2 heterocycles. The molecule has 1 amide bonds. The van der Waals surface area contributed by atoms with Crippen molar-refractivity contribution in [2.24, 2.45) is 0 Å². The van der Waals surface area contributed by atoms with Gasteiger partial charge < -0.3 is 14.9 Å². The van der Waals surface area contributed by atoms with Crippen molar-refractivity contribution in [2.75, 3.05) is 18.1 Å². The molecule has 19 heavy (non-hydrogen) atoms. The number of nitrogens with one attached hydrogen (secondary N) is 1. The third kappa shape index (κ3) is 3.51. The zero-order valence-electron chi connectivity index (χ0n) is 11.5. The second-order valence-corrected chi connectivity index (χ2v) is 7.14. The van der Waals surface area contributed by atoms with E-state index < -0.39 is 5.60 Å². The Bertz CT molecular complexity index is 459. The van der Waals surface area contributed by atoms with E-state index in [0.29, 0.717) is 17.9 Å². The molecule has 0 spiro atoms. The van der Waals surface area contributed by atoms with Gasteiger partial charge in [-0.2, -0.15) is 11.8 Å². The highest BCUT2D eigenvalue weighted by Crippen LogP contribution is 2.27. The van der Waals surface area contributed by atoms with E-state index in [9.17, 15) is 9.90 Å². The molecule has 0 aliphatic carbocycles. The smallest absolute Gasteiger partial charge is 0.273 e. The first-order chi connectivity index (χ1) is 8.80. The predicted octanol–water partition coefficient (Wildman–Crippen LogP) is 1.57. The molecule has 1 aliphatic heterocycles. The third-order valence-electron chi connectivity index (χ3n) is 3.14. The molecule has 2 rings (SSSR count). The largest absolute Gasteiger partial charge is 0.387 e. The normalized spacial score (nSPS) is 23.6. The van der Waals surface area contributed by atoms with Crippen molar-refractivity contribution in [1.82, 2.24) is 10.5 Å². The van der Waals surface area contributed by atoms with E-state index >= 15 is 0 Å². The number of rotatable bonds is 3. The average Bonchev–Trinajstić information content (AvgIpc) is 2.94. The highest BCUT2D eigenvalue weighted by Gasteiger charge is 2.32. The maximum atomic E-state index is 11.9. The van der Waals surface area contributed by atoms with Crippen molar-refractivity contribution >= 4 is 17.7 Å². The summed E-state index contributed by atoms with van der Waals surface area (Å²) in [7, 11) is 0. The molecule has 6 heteroatoms. The summed E-state index contributed by atoms with van der Waals surface area (Å²) in [5, 5.41) is 16.6. The van der Waals surface area contributed by atoms with Crippen molar-refractivity contribution < 1.29 is 14.4 Å². The molecule has 5 nitrogen and oxygen atoms in total. The fourth-order valence-corrected chi connectivity index (χ4v) is 3.10. The van der Waals surface area contributed by atoms with Gasteiger partial charge in [0, 0.05) is 23.8 Å². The Balaban J connectivity index is 1.95. The Morgan fingerprint density at radius 3 is 2.89 bits per heavy atom. The van der Waals surface area contributed by atoms with E-state index in [1.54, 1.807) is 17.8 Å². The lowest BCUT2D eigenvalue weighted by Gasteiger charge is -2.20. The quantitative estimate of drug-likeness (QED) is 0.881. The number of hydrogen-bond donors (Lipinski definition) is 2. The minimum atomic E-state index is -0.781. The Labute approximate surface area is 117 Å². The standard InChI is InChI=1S/C13H20N2O3S/c1-12(2,3)10-6-9(15-18-10)11(16)14-7-13(17)4-5-19-8-13/h6,17H,4-5,7-8H2,1-3H3,(H,14,16). The summed E-state index contributed by atoms with van der Waals surface area (Å²) in [5.41, 5.74) is -0.692. The first-order valence-electron chi connectivity index (χ1n) is 6.36. The number of thioether (sulfide) groups is 1. The maximum absolute atomic E-state index is 11.9. The lowest BCUT2D eigenvalue weighted by atomic mass is 9.93. The number of carbonyl (C=O) groups is 1. The van der Waals surface area contributed by atoms with Gasteiger partial charge in [0.1, 0.15) is 5.76 Å². The minimum absolute atomic E-state index is 0.175. The number of carbonyl (C=O) groups excluding carboxylic acids is 1. The molecule has 0 radical (unpaired) electrons. The number of aromatic nitrogens is 1. The van der Waals surface area contributed by atoms with E-state index in [-0.39, 0.29) is 23.6 Å². The summed E-state index contributed by atoms with van der Waals surface area (Å²) in [4.78, 5) is 11.9. The number of nitrogens with zero attached hydrogens (tertiary/aromatic N) is 1. The Morgan fingerprint density at radius 2 is 2.37 bits per heavy atom. The molecule has 1 aromatic heterocycles. The van der Waals surface area contributed by atoms with Crippen LogP contribution in [0.4, 0.5) is 0 Å². The second kappa shape index (κ2) is 5.17. The van der Waals surface area contributed by atoms with Gasteiger partial charge in [-0.05, 0) is 12.2 Å². The first kappa shape index (κ1) is 14.4. The van der Waals surface area contributed by atoms with Crippen LogP contribution in [-0.4, -0.2) is 39.8 Å². The van der Waals surface area contributed by atoms with E-state index in [1.165, 1.54) is 0 Å². The van der Waals surface area contributed by atoms with Crippen molar-refractivity contribution in [3.05, 3.63) is 17.5 Å². The molecule has 1 aromatic rings. The highest BCUT2D eigenvalue weighted by atomic mass is 32.2. The van der Waals surface area contributed by atoms with Gasteiger partial charge in [0.05, 0.1) is 5.60 Å². The Kier molecular flexibility index (Phi) is 3.92. The van der Waals surface area contributed by atoms with Crippen LogP contribution < -0.4 is 5.32 Å². The van der Waals surface area contributed by atoms with Gasteiger partial charge in [-0.3, -0.25) is 4.79 Å². The van der Waals surface area contributed by atoms with Crippen LogP contribution in [0.25, 0.3) is 0 Å². The fraction of sp³-hybridized carbons (Fsp3) is 0.692. The summed E-state index contributed by atoms with van der Waals surface area (Å²) in [6, 6.07) is 1.66. The van der Waals surface area contributed by atoms with Crippen LogP contribution in [0.3, 0.4) is 0 Å². The molecular weight excluding hydrogens is 264 g/mol. The summed E-state index contributed by atoms with van der Waals surface area (Å²) in [6.45, 7) is 6.24. The van der Waals surface area contributed by atoms with Crippen molar-refractivity contribution in [1.29, 1.82) is 0 Å². The lowest BCUT2D eigenvalue weighted by molar-refractivity contribution is 0.0609. The van der Waals surface area contributed by atoms with Crippen LogP contribution in [0.1, 0.15) is 43.4 Å². The SMILES string of the molecule is CC(C)(C)c1cc(C(=O)NCC2(O)CCSC2)no1. The van der Waals surface area contributed by atoms with Crippen LogP contribution in [0.2, 0.25) is 0 Å². The number of aliphatic hydroxyl groups is 1. The monoisotopic (exact) mass is 284 g/mol. The molecular formula is C13H20N2O3S. The molecule has 1 unspecified atom stereocenters. The van der Waals surface area contributed by atoms with Crippen molar-refractivity contribution in [3.63, 3.8) is 0 Å². The fourth-order valence-electron chi connectivity index (χ4n) is 1.81. The molecule has 106 valence electrons. The molecule has 2 N–H and O–H groups in total. The summed E-state index contributed by atoms with van der Waals surface area (Å²) >= 11 is 1.70. The maximum Gasteiger partial charge on any atom is 0.273 e. The average molecular weight is 284 g/mol. The molecule has 1 fully saturated rings. The van der Waals surface area contributed by atoms with E-state index in [0.717, 1.165) is 5.75 Å². The molecule has 0 aromatic carbocycles. The zero-order chi connectivity index (χ0) is 14.1. The summed E-state index contributed by atoms with van der Waals surface area (Å²) < 4.78 is 5.17. The minimum Gasteiger partial charge on any atom is -0.387 e. The van der Waals surface area contributed by atoms with Crippen LogP contribution in [0.5, 0.6) is 0 Å². The van der Waals surface area contributed by atoms with Gasteiger partial charge in [-0.15, -0.1) is 0 Å². The first-order valence-corrected chi connectivity index (χ1v) is 7.51. The van der Waals surface area contributed by atoms with Crippen molar-refractivity contribution in [3.8, 4) is 0 Å². The summed E-state index contributed by atoms with van der Waals surface area (Å²) in [6.07, 6.45) is 0.712.